The number of aromatic nitrogens is 1. The summed E-state index contributed by atoms with van der Waals surface area (Å²) in [4.78, 5) is 33.8. The van der Waals surface area contributed by atoms with Gasteiger partial charge in [0.05, 0.1) is 11.6 Å². The zero-order valence-electron chi connectivity index (χ0n) is 15.1. The molecular weight excluding hydrogens is 340 g/mol. The Balaban J connectivity index is 1.31. The van der Waals surface area contributed by atoms with Crippen LogP contribution in [-0.4, -0.2) is 53.4 Å². The first kappa shape index (κ1) is 16.3. The average molecular weight is 362 g/mol. The second-order valence-corrected chi connectivity index (χ2v) is 7.62. The molecule has 1 aliphatic carbocycles. The summed E-state index contributed by atoms with van der Waals surface area (Å²) in [7, 11) is 0. The fraction of sp³-hybridized carbons (Fsp3) is 0.381. The molecule has 1 aromatic carbocycles. The number of pyridine rings is 1. The standard InChI is InChI=1S/C21H22N4O2/c26-20(23-17-6-7-17)16-10-15-11-18-13-24(8-9-25(18)19(15)22-12-16)21(27)14-4-2-1-3-5-14/h1-5,10,12,17-18H,6-9,11,13H2,(H,23,26). The number of benzene rings is 1. The predicted molar refractivity (Wildman–Crippen MR) is 102 cm³/mol. The van der Waals surface area contributed by atoms with E-state index < -0.39 is 0 Å². The molecule has 27 heavy (non-hydrogen) atoms. The molecule has 2 aliphatic heterocycles. The van der Waals surface area contributed by atoms with Gasteiger partial charge in [-0.2, -0.15) is 0 Å². The summed E-state index contributed by atoms with van der Waals surface area (Å²) in [6, 6.07) is 12.0. The van der Waals surface area contributed by atoms with Crippen molar-refractivity contribution in [1.82, 2.24) is 15.2 Å². The second-order valence-electron chi connectivity index (χ2n) is 7.62. The molecule has 6 heteroatoms. The quantitative estimate of drug-likeness (QED) is 0.905. The van der Waals surface area contributed by atoms with Gasteiger partial charge in [0.2, 0.25) is 0 Å². The summed E-state index contributed by atoms with van der Waals surface area (Å²) < 4.78 is 0. The van der Waals surface area contributed by atoms with Gasteiger partial charge in [0.1, 0.15) is 5.82 Å². The summed E-state index contributed by atoms with van der Waals surface area (Å²) in [6.45, 7) is 2.15. The van der Waals surface area contributed by atoms with Crippen LogP contribution < -0.4 is 10.2 Å². The third-order valence-electron chi connectivity index (χ3n) is 5.64. The molecule has 2 amide bonds. The van der Waals surface area contributed by atoms with Crippen molar-refractivity contribution in [2.24, 2.45) is 0 Å². The molecule has 0 bridgehead atoms. The highest BCUT2D eigenvalue weighted by atomic mass is 16.2. The summed E-state index contributed by atoms with van der Waals surface area (Å²) >= 11 is 0. The lowest BCUT2D eigenvalue weighted by Gasteiger charge is -2.38. The number of amides is 2. The van der Waals surface area contributed by atoms with E-state index in [4.69, 9.17) is 0 Å². The minimum Gasteiger partial charge on any atom is -0.350 e. The van der Waals surface area contributed by atoms with E-state index in [1.165, 1.54) is 0 Å². The number of nitrogens with one attached hydrogen (secondary N) is 1. The minimum absolute atomic E-state index is 0.0291. The SMILES string of the molecule is O=C(NC1CC1)c1cnc2c(c1)CC1CN(C(=O)c3ccccc3)CCN21. The van der Waals surface area contributed by atoms with Crippen LogP contribution >= 0.6 is 0 Å². The maximum absolute atomic E-state index is 12.8. The van der Waals surface area contributed by atoms with Crippen molar-refractivity contribution in [3.63, 3.8) is 0 Å². The highest BCUT2D eigenvalue weighted by molar-refractivity contribution is 5.95. The van der Waals surface area contributed by atoms with Crippen LogP contribution in [-0.2, 0) is 6.42 Å². The van der Waals surface area contributed by atoms with Gasteiger partial charge in [-0.25, -0.2) is 4.98 Å². The number of nitrogens with zero attached hydrogens (tertiary/aromatic N) is 3. The molecule has 0 spiro atoms. The third kappa shape index (κ3) is 3.05. The Morgan fingerprint density at radius 3 is 2.67 bits per heavy atom. The molecule has 1 aromatic heterocycles. The van der Waals surface area contributed by atoms with Crippen LogP contribution in [0.25, 0.3) is 0 Å². The van der Waals surface area contributed by atoms with E-state index in [1.807, 2.05) is 41.3 Å². The Labute approximate surface area is 158 Å². The Hall–Kier alpha value is -2.89. The number of carbonyl (C=O) groups is 2. The van der Waals surface area contributed by atoms with Gasteiger partial charge in [-0.15, -0.1) is 0 Å². The number of carbonyl (C=O) groups excluding carboxylic acids is 2. The molecule has 5 rings (SSSR count). The monoisotopic (exact) mass is 362 g/mol. The van der Waals surface area contributed by atoms with Gasteiger partial charge in [-0.1, -0.05) is 18.2 Å². The van der Waals surface area contributed by atoms with E-state index in [0.717, 1.165) is 42.8 Å². The Morgan fingerprint density at radius 2 is 1.89 bits per heavy atom. The Bertz CT molecular complexity index is 894. The topological polar surface area (TPSA) is 65.5 Å². The van der Waals surface area contributed by atoms with Crippen molar-refractivity contribution in [3.05, 3.63) is 59.3 Å². The van der Waals surface area contributed by atoms with E-state index >= 15 is 0 Å². The smallest absolute Gasteiger partial charge is 0.253 e. The fourth-order valence-electron chi connectivity index (χ4n) is 4.04. The maximum Gasteiger partial charge on any atom is 0.253 e. The molecule has 1 saturated heterocycles. The van der Waals surface area contributed by atoms with Crippen LogP contribution in [0.4, 0.5) is 5.82 Å². The minimum atomic E-state index is -0.0291. The molecule has 0 radical (unpaired) electrons. The highest BCUT2D eigenvalue weighted by Gasteiger charge is 2.37. The lowest BCUT2D eigenvalue weighted by Crippen LogP contribution is -2.53. The largest absolute Gasteiger partial charge is 0.350 e. The number of hydrogen-bond donors (Lipinski definition) is 1. The first-order valence-corrected chi connectivity index (χ1v) is 9.60. The van der Waals surface area contributed by atoms with E-state index in [9.17, 15) is 9.59 Å². The molecule has 3 heterocycles. The fourth-order valence-corrected chi connectivity index (χ4v) is 4.04. The zero-order valence-corrected chi connectivity index (χ0v) is 15.1. The summed E-state index contributed by atoms with van der Waals surface area (Å²) in [5.41, 5.74) is 2.48. The first-order valence-electron chi connectivity index (χ1n) is 9.60. The van der Waals surface area contributed by atoms with Crippen LogP contribution in [0.2, 0.25) is 0 Å². The second kappa shape index (κ2) is 6.37. The van der Waals surface area contributed by atoms with Crippen LogP contribution in [0.15, 0.2) is 42.6 Å². The number of anilines is 1. The molecule has 1 unspecified atom stereocenters. The van der Waals surface area contributed by atoms with Crippen molar-refractivity contribution in [2.75, 3.05) is 24.5 Å². The van der Waals surface area contributed by atoms with E-state index in [2.05, 4.69) is 15.2 Å². The van der Waals surface area contributed by atoms with Gasteiger partial charge < -0.3 is 15.1 Å². The number of rotatable bonds is 3. The Kier molecular flexibility index (Phi) is 3.85. The van der Waals surface area contributed by atoms with Gasteiger partial charge in [0, 0.05) is 37.4 Å². The normalized spacial score (nSPS) is 20.8. The molecule has 1 N–H and O–H groups in total. The lowest BCUT2D eigenvalue weighted by atomic mass is 10.1. The Morgan fingerprint density at radius 1 is 1.07 bits per heavy atom. The molecule has 6 nitrogen and oxygen atoms in total. The number of hydrogen-bond acceptors (Lipinski definition) is 4. The average Bonchev–Trinajstić information content (AvgIpc) is 3.44. The van der Waals surface area contributed by atoms with Crippen LogP contribution in [0, 0.1) is 0 Å². The molecule has 2 fully saturated rings. The van der Waals surface area contributed by atoms with Crippen LogP contribution in [0.3, 0.4) is 0 Å². The van der Waals surface area contributed by atoms with Gasteiger partial charge in [0.15, 0.2) is 0 Å². The van der Waals surface area contributed by atoms with Gasteiger partial charge in [-0.05, 0) is 43.0 Å². The zero-order chi connectivity index (χ0) is 18.4. The highest BCUT2D eigenvalue weighted by Crippen LogP contribution is 2.33. The van der Waals surface area contributed by atoms with Crippen LogP contribution in [0.1, 0.15) is 39.1 Å². The van der Waals surface area contributed by atoms with Crippen LogP contribution in [0.5, 0.6) is 0 Å². The molecular formula is C21H22N4O2. The van der Waals surface area contributed by atoms with Crippen molar-refractivity contribution in [2.45, 2.75) is 31.3 Å². The third-order valence-corrected chi connectivity index (χ3v) is 5.64. The molecule has 3 aliphatic rings. The molecule has 1 saturated carbocycles. The summed E-state index contributed by atoms with van der Waals surface area (Å²) in [6.07, 6.45) is 4.66. The number of fused-ring (bicyclic) bond motifs is 3. The predicted octanol–water partition coefficient (Wildman–Crippen LogP) is 1.86. The van der Waals surface area contributed by atoms with Crippen molar-refractivity contribution in [1.29, 1.82) is 0 Å². The first-order chi connectivity index (χ1) is 13.2. The van der Waals surface area contributed by atoms with E-state index in [1.54, 1.807) is 6.20 Å². The molecule has 1 atom stereocenters. The van der Waals surface area contributed by atoms with Gasteiger partial charge >= 0.3 is 0 Å². The van der Waals surface area contributed by atoms with Gasteiger partial charge in [-0.3, -0.25) is 9.59 Å². The summed E-state index contributed by atoms with van der Waals surface area (Å²) in [5.74, 6) is 1.03. The van der Waals surface area contributed by atoms with E-state index in [-0.39, 0.29) is 17.9 Å². The van der Waals surface area contributed by atoms with Gasteiger partial charge in [0.25, 0.3) is 11.8 Å². The maximum atomic E-state index is 12.8. The molecule has 2 aromatic rings. The van der Waals surface area contributed by atoms with E-state index in [0.29, 0.717) is 24.7 Å². The lowest BCUT2D eigenvalue weighted by molar-refractivity contribution is 0.0724. The number of piperazine rings is 1. The van der Waals surface area contributed by atoms with Crippen molar-refractivity contribution < 1.29 is 9.59 Å². The van der Waals surface area contributed by atoms with Crippen molar-refractivity contribution >= 4 is 17.6 Å². The summed E-state index contributed by atoms with van der Waals surface area (Å²) in [5, 5.41) is 3.02. The molecule has 138 valence electrons. The van der Waals surface area contributed by atoms with Crippen molar-refractivity contribution in [3.8, 4) is 0 Å².